The number of hydrogen-bond donors (Lipinski definition) is 1. The van der Waals surface area contributed by atoms with Gasteiger partial charge in [-0.1, -0.05) is 26.0 Å². The summed E-state index contributed by atoms with van der Waals surface area (Å²) in [6.07, 6.45) is 0.947. The smallest absolute Gasteiger partial charge is 0.338 e. The summed E-state index contributed by atoms with van der Waals surface area (Å²) in [6, 6.07) is 12.5. The molecule has 5 nitrogen and oxygen atoms in total. The van der Waals surface area contributed by atoms with Gasteiger partial charge in [-0.15, -0.1) is 0 Å². The monoisotopic (exact) mass is 382 g/mol. The zero-order valence-corrected chi connectivity index (χ0v) is 16.4. The Labute approximate surface area is 163 Å². The number of thioether (sulfide) groups is 1. The Kier molecular flexibility index (Phi) is 7.44. The highest BCUT2D eigenvalue weighted by atomic mass is 32.2. The van der Waals surface area contributed by atoms with E-state index >= 15 is 0 Å². The van der Waals surface area contributed by atoms with E-state index in [1.165, 1.54) is 0 Å². The van der Waals surface area contributed by atoms with Crippen LogP contribution in [0, 0.1) is 23.5 Å². The van der Waals surface area contributed by atoms with E-state index in [2.05, 4.69) is 19.2 Å². The number of aryl methyl sites for hydroxylation is 1. The number of nitriles is 1. The third kappa shape index (κ3) is 6.46. The number of carbonyl (C=O) groups excluding carboxylic acids is 2. The molecule has 27 heavy (non-hydrogen) atoms. The van der Waals surface area contributed by atoms with Crippen LogP contribution in [0.1, 0.15) is 35.3 Å². The predicted octanol–water partition coefficient (Wildman–Crippen LogP) is 4.56. The Morgan fingerprint density at radius 3 is 2.48 bits per heavy atom. The van der Waals surface area contributed by atoms with Gasteiger partial charge in [0, 0.05) is 10.6 Å². The second-order valence-corrected chi connectivity index (χ2v) is 7.45. The number of esters is 1. The van der Waals surface area contributed by atoms with E-state index in [1.807, 2.05) is 30.5 Å². The van der Waals surface area contributed by atoms with Crippen molar-refractivity contribution in [3.05, 3.63) is 59.2 Å². The summed E-state index contributed by atoms with van der Waals surface area (Å²) in [6.45, 7) is 5.75. The molecule has 0 aromatic heterocycles. The fourth-order valence-electron chi connectivity index (χ4n) is 2.54. The maximum atomic E-state index is 12.1. The van der Waals surface area contributed by atoms with Crippen molar-refractivity contribution in [2.75, 3.05) is 11.9 Å². The zero-order chi connectivity index (χ0) is 19.8. The van der Waals surface area contributed by atoms with Gasteiger partial charge in [0.05, 0.1) is 5.56 Å². The number of benzene rings is 2. The minimum absolute atomic E-state index is 0.360. The molecular formula is C21H22N2O3S. The topological polar surface area (TPSA) is 79.2 Å². The fraction of sp³-hybridized carbons (Fsp3) is 0.286. The highest BCUT2D eigenvalue weighted by Crippen LogP contribution is 2.23. The molecule has 2 aromatic carbocycles. The van der Waals surface area contributed by atoms with E-state index in [-0.39, 0.29) is 6.61 Å². The molecule has 0 heterocycles. The number of hydrogen-bond acceptors (Lipinski definition) is 5. The van der Waals surface area contributed by atoms with Crippen LogP contribution in [0.2, 0.25) is 0 Å². The van der Waals surface area contributed by atoms with Crippen molar-refractivity contribution >= 4 is 29.3 Å². The number of thiocyanates is 1. The maximum absolute atomic E-state index is 12.1. The standard InChI is InChI=1S/C21H22N2O3S/c1-14(2)10-16-4-6-17(7-5-16)21(25)26-12-20(24)23-19-9-8-18(27-13-22)11-15(19)3/h4-9,11,14H,10,12H2,1-3H3,(H,23,24). The molecule has 0 atom stereocenters. The number of nitrogens with one attached hydrogen (secondary N) is 1. The van der Waals surface area contributed by atoms with Crippen molar-refractivity contribution in [2.24, 2.45) is 5.92 Å². The number of ether oxygens (including phenoxy) is 1. The average Bonchev–Trinajstić information content (AvgIpc) is 2.62. The van der Waals surface area contributed by atoms with Crippen molar-refractivity contribution < 1.29 is 14.3 Å². The van der Waals surface area contributed by atoms with Crippen LogP contribution >= 0.6 is 11.8 Å². The van der Waals surface area contributed by atoms with Crippen molar-refractivity contribution in [3.63, 3.8) is 0 Å². The van der Waals surface area contributed by atoms with Crippen LogP contribution < -0.4 is 5.32 Å². The maximum Gasteiger partial charge on any atom is 0.338 e. The molecule has 6 heteroatoms. The minimum atomic E-state index is -0.529. The summed E-state index contributed by atoms with van der Waals surface area (Å²) in [5.41, 5.74) is 3.03. The van der Waals surface area contributed by atoms with Gasteiger partial charge in [0.25, 0.3) is 5.91 Å². The molecule has 0 fully saturated rings. The molecule has 2 rings (SSSR count). The van der Waals surface area contributed by atoms with E-state index in [0.717, 1.165) is 34.2 Å². The number of anilines is 1. The molecule has 1 N–H and O–H groups in total. The van der Waals surface area contributed by atoms with E-state index in [9.17, 15) is 9.59 Å². The Bertz CT molecular complexity index is 855. The first-order valence-corrected chi connectivity index (χ1v) is 9.43. The molecule has 0 saturated heterocycles. The van der Waals surface area contributed by atoms with Crippen LogP contribution in [0.5, 0.6) is 0 Å². The third-order valence-corrected chi connectivity index (χ3v) is 4.38. The van der Waals surface area contributed by atoms with Crippen molar-refractivity contribution in [1.82, 2.24) is 0 Å². The van der Waals surface area contributed by atoms with Crippen LogP contribution in [-0.4, -0.2) is 18.5 Å². The first-order valence-electron chi connectivity index (χ1n) is 8.61. The summed E-state index contributed by atoms with van der Waals surface area (Å²) in [7, 11) is 0. The van der Waals surface area contributed by atoms with Crippen LogP contribution in [0.25, 0.3) is 0 Å². The Balaban J connectivity index is 1.88. The first kappa shape index (κ1) is 20.5. The lowest BCUT2D eigenvalue weighted by Crippen LogP contribution is -2.21. The second kappa shape index (κ2) is 9.79. The molecule has 0 aliphatic rings. The molecule has 0 radical (unpaired) electrons. The van der Waals surface area contributed by atoms with Gasteiger partial charge in [0.15, 0.2) is 6.61 Å². The lowest BCUT2D eigenvalue weighted by molar-refractivity contribution is -0.119. The molecule has 0 aliphatic carbocycles. The molecule has 0 unspecified atom stereocenters. The molecule has 0 bridgehead atoms. The third-order valence-electron chi connectivity index (χ3n) is 3.80. The van der Waals surface area contributed by atoms with Gasteiger partial charge in [-0.3, -0.25) is 4.79 Å². The molecule has 1 amide bonds. The number of nitrogens with zero attached hydrogens (tertiary/aromatic N) is 1. The molecule has 0 saturated carbocycles. The van der Waals surface area contributed by atoms with Crippen molar-refractivity contribution in [3.8, 4) is 5.40 Å². The van der Waals surface area contributed by atoms with Crippen LogP contribution in [0.3, 0.4) is 0 Å². The van der Waals surface area contributed by atoms with E-state index in [0.29, 0.717) is 17.2 Å². The summed E-state index contributed by atoms with van der Waals surface area (Å²) in [4.78, 5) is 24.9. The predicted molar refractivity (Wildman–Crippen MR) is 107 cm³/mol. The number of rotatable bonds is 7. The minimum Gasteiger partial charge on any atom is -0.452 e. The highest BCUT2D eigenvalue weighted by Gasteiger charge is 2.12. The second-order valence-electron chi connectivity index (χ2n) is 6.59. The normalized spacial score (nSPS) is 10.3. The van der Waals surface area contributed by atoms with E-state index in [1.54, 1.807) is 24.3 Å². The summed E-state index contributed by atoms with van der Waals surface area (Å²) >= 11 is 1.06. The quantitative estimate of drug-likeness (QED) is 0.431. The van der Waals surface area contributed by atoms with E-state index in [4.69, 9.17) is 10.00 Å². The van der Waals surface area contributed by atoms with Crippen LogP contribution in [-0.2, 0) is 16.0 Å². The summed E-state index contributed by atoms with van der Waals surface area (Å²) in [5.74, 6) is -0.398. The SMILES string of the molecule is Cc1cc(SC#N)ccc1NC(=O)COC(=O)c1ccc(CC(C)C)cc1. The molecule has 0 spiro atoms. The zero-order valence-electron chi connectivity index (χ0n) is 15.6. The highest BCUT2D eigenvalue weighted by molar-refractivity contribution is 8.03. The van der Waals surface area contributed by atoms with Crippen molar-refractivity contribution in [1.29, 1.82) is 5.26 Å². The Morgan fingerprint density at radius 2 is 1.89 bits per heavy atom. The lowest BCUT2D eigenvalue weighted by Gasteiger charge is -2.10. The van der Waals surface area contributed by atoms with Gasteiger partial charge in [-0.25, -0.2) is 4.79 Å². The lowest BCUT2D eigenvalue weighted by atomic mass is 10.0. The van der Waals surface area contributed by atoms with Gasteiger partial charge in [-0.05, 0) is 72.5 Å². The largest absolute Gasteiger partial charge is 0.452 e. The molecule has 0 aliphatic heterocycles. The molecule has 2 aromatic rings. The van der Waals surface area contributed by atoms with E-state index < -0.39 is 11.9 Å². The Morgan fingerprint density at radius 1 is 1.19 bits per heavy atom. The van der Waals surface area contributed by atoms with Gasteiger partial charge >= 0.3 is 5.97 Å². The van der Waals surface area contributed by atoms with Gasteiger partial charge in [-0.2, -0.15) is 5.26 Å². The van der Waals surface area contributed by atoms with Gasteiger partial charge < -0.3 is 10.1 Å². The van der Waals surface area contributed by atoms with Crippen LogP contribution in [0.4, 0.5) is 5.69 Å². The van der Waals surface area contributed by atoms with Crippen LogP contribution in [0.15, 0.2) is 47.4 Å². The Hall–Kier alpha value is -2.78. The fourth-order valence-corrected chi connectivity index (χ4v) is 3.02. The average molecular weight is 382 g/mol. The molecular weight excluding hydrogens is 360 g/mol. The number of amides is 1. The van der Waals surface area contributed by atoms with Crippen molar-refractivity contribution in [2.45, 2.75) is 32.1 Å². The number of carbonyl (C=O) groups is 2. The first-order chi connectivity index (χ1) is 12.9. The summed E-state index contributed by atoms with van der Waals surface area (Å²) in [5, 5.41) is 13.4. The summed E-state index contributed by atoms with van der Waals surface area (Å²) < 4.78 is 5.09. The van der Waals surface area contributed by atoms with Gasteiger partial charge in [0.2, 0.25) is 0 Å². The van der Waals surface area contributed by atoms with Gasteiger partial charge in [0.1, 0.15) is 5.40 Å². The molecule has 140 valence electrons.